The fourth-order valence-electron chi connectivity index (χ4n) is 3.02. The van der Waals surface area contributed by atoms with E-state index in [1.165, 1.54) is 35.5 Å². The monoisotopic (exact) mass is 428 g/mol. The summed E-state index contributed by atoms with van der Waals surface area (Å²) in [6.07, 6.45) is 1.67. The van der Waals surface area contributed by atoms with Gasteiger partial charge >= 0.3 is 5.69 Å². The van der Waals surface area contributed by atoms with Crippen LogP contribution in [-0.4, -0.2) is 44.2 Å². The van der Waals surface area contributed by atoms with Gasteiger partial charge in [0.05, 0.1) is 4.90 Å². The highest BCUT2D eigenvalue weighted by Crippen LogP contribution is 2.21. The Morgan fingerprint density at radius 1 is 1.00 bits per heavy atom. The zero-order chi connectivity index (χ0) is 20.5. The molecular weight excluding hydrogens is 408 g/mol. The second-order valence-corrected chi connectivity index (χ2v) is 10.1. The van der Waals surface area contributed by atoms with Crippen LogP contribution in [0.5, 0.6) is 0 Å². The fraction of sp³-hybridized carbons (Fsp3) is 0.375. The van der Waals surface area contributed by atoms with Crippen LogP contribution in [0.25, 0.3) is 0 Å². The Morgan fingerprint density at radius 2 is 1.61 bits per heavy atom. The first-order valence-corrected chi connectivity index (χ1v) is 11.5. The number of benzene rings is 1. The molecule has 0 aliphatic carbocycles. The average molecular weight is 428 g/mol. The van der Waals surface area contributed by atoms with Gasteiger partial charge in [0.1, 0.15) is 0 Å². The van der Waals surface area contributed by atoms with Crippen LogP contribution < -0.4 is 16.0 Å². The first-order chi connectivity index (χ1) is 13.1. The molecule has 1 fully saturated rings. The largest absolute Gasteiger partial charge is 0.325 e. The van der Waals surface area contributed by atoms with Crippen molar-refractivity contribution >= 4 is 20.0 Å². The van der Waals surface area contributed by atoms with Crippen LogP contribution in [0.2, 0.25) is 0 Å². The Balaban J connectivity index is 1.76. The Kier molecular flexibility index (Phi) is 5.57. The molecule has 2 heterocycles. The third-order valence-electron chi connectivity index (χ3n) is 4.44. The molecule has 0 saturated carbocycles. The first kappa shape index (κ1) is 20.5. The van der Waals surface area contributed by atoms with Crippen LogP contribution in [0.15, 0.2) is 43.6 Å². The Bertz CT molecular complexity index is 1190. The van der Waals surface area contributed by atoms with E-state index in [-0.39, 0.29) is 17.1 Å². The van der Waals surface area contributed by atoms with Gasteiger partial charge in [-0.15, -0.1) is 0 Å². The van der Waals surface area contributed by atoms with Crippen molar-refractivity contribution < 1.29 is 16.8 Å². The number of H-pyrrole nitrogens is 2. The summed E-state index contributed by atoms with van der Waals surface area (Å²) >= 11 is 0. The SMILES string of the molecule is Cc1[nH]c(=O)[nH]c(=O)c1S(=O)(=O)NCc1ccc(S(=O)(=O)N2CCCC2)cc1. The van der Waals surface area contributed by atoms with E-state index < -0.39 is 36.2 Å². The maximum Gasteiger partial charge on any atom is 0.325 e. The molecule has 2 aromatic rings. The van der Waals surface area contributed by atoms with Crippen LogP contribution in [0.3, 0.4) is 0 Å². The minimum Gasteiger partial charge on any atom is -0.310 e. The van der Waals surface area contributed by atoms with E-state index in [1.807, 2.05) is 4.98 Å². The fourth-order valence-corrected chi connectivity index (χ4v) is 5.79. The van der Waals surface area contributed by atoms with Gasteiger partial charge < -0.3 is 4.98 Å². The lowest BCUT2D eigenvalue weighted by Gasteiger charge is -2.15. The maximum atomic E-state index is 12.5. The minimum atomic E-state index is -4.18. The lowest BCUT2D eigenvalue weighted by atomic mass is 10.2. The molecule has 10 nitrogen and oxygen atoms in total. The molecule has 0 atom stereocenters. The van der Waals surface area contributed by atoms with Gasteiger partial charge in [0, 0.05) is 25.3 Å². The third kappa shape index (κ3) is 4.09. The number of hydrogen-bond acceptors (Lipinski definition) is 6. The number of aromatic nitrogens is 2. The molecule has 3 rings (SSSR count). The van der Waals surface area contributed by atoms with E-state index >= 15 is 0 Å². The number of rotatable bonds is 6. The second kappa shape index (κ2) is 7.62. The van der Waals surface area contributed by atoms with Gasteiger partial charge in [-0.1, -0.05) is 12.1 Å². The number of nitrogens with one attached hydrogen (secondary N) is 3. The summed E-state index contributed by atoms with van der Waals surface area (Å²) in [6, 6.07) is 5.87. The maximum absolute atomic E-state index is 12.5. The normalized spacial score (nSPS) is 15.8. The molecule has 0 bridgehead atoms. The van der Waals surface area contributed by atoms with E-state index in [9.17, 15) is 26.4 Å². The Labute approximate surface area is 161 Å². The highest BCUT2D eigenvalue weighted by Gasteiger charge is 2.27. The van der Waals surface area contributed by atoms with E-state index in [1.54, 1.807) is 0 Å². The van der Waals surface area contributed by atoms with Crippen molar-refractivity contribution in [1.82, 2.24) is 19.0 Å². The van der Waals surface area contributed by atoms with Crippen molar-refractivity contribution in [3.8, 4) is 0 Å². The topological polar surface area (TPSA) is 149 Å². The van der Waals surface area contributed by atoms with Crippen molar-refractivity contribution in [2.75, 3.05) is 13.1 Å². The van der Waals surface area contributed by atoms with Crippen molar-refractivity contribution in [2.45, 2.75) is 36.1 Å². The van der Waals surface area contributed by atoms with Crippen LogP contribution in [-0.2, 0) is 26.6 Å². The van der Waals surface area contributed by atoms with Gasteiger partial charge in [0.2, 0.25) is 20.0 Å². The van der Waals surface area contributed by atoms with Gasteiger partial charge in [-0.25, -0.2) is 26.4 Å². The molecule has 28 heavy (non-hydrogen) atoms. The molecule has 1 aliphatic heterocycles. The van der Waals surface area contributed by atoms with Crippen LogP contribution in [0, 0.1) is 6.92 Å². The van der Waals surface area contributed by atoms with E-state index in [2.05, 4.69) is 9.71 Å². The lowest BCUT2D eigenvalue weighted by Crippen LogP contribution is -2.34. The molecule has 1 aliphatic rings. The Hall–Kier alpha value is -2.28. The predicted molar refractivity (Wildman–Crippen MR) is 101 cm³/mol. The summed E-state index contributed by atoms with van der Waals surface area (Å²) in [5, 5.41) is 0. The zero-order valence-corrected chi connectivity index (χ0v) is 16.7. The lowest BCUT2D eigenvalue weighted by molar-refractivity contribution is 0.477. The number of aromatic amines is 2. The van der Waals surface area contributed by atoms with Gasteiger partial charge in [-0.3, -0.25) is 9.78 Å². The number of aryl methyl sites for hydroxylation is 1. The van der Waals surface area contributed by atoms with Crippen LogP contribution in [0.4, 0.5) is 0 Å². The van der Waals surface area contributed by atoms with Crippen molar-refractivity contribution in [1.29, 1.82) is 0 Å². The second-order valence-electron chi connectivity index (χ2n) is 6.44. The zero-order valence-electron chi connectivity index (χ0n) is 15.1. The molecule has 1 aromatic carbocycles. The first-order valence-electron chi connectivity index (χ1n) is 8.53. The molecule has 1 aromatic heterocycles. The van der Waals surface area contributed by atoms with E-state index in [4.69, 9.17) is 0 Å². The molecule has 0 radical (unpaired) electrons. The highest BCUT2D eigenvalue weighted by atomic mass is 32.2. The molecule has 152 valence electrons. The van der Waals surface area contributed by atoms with Gasteiger partial charge in [-0.2, -0.15) is 4.31 Å². The number of nitrogens with zero attached hydrogens (tertiary/aromatic N) is 1. The molecule has 12 heteroatoms. The average Bonchev–Trinajstić information content (AvgIpc) is 3.15. The summed E-state index contributed by atoms with van der Waals surface area (Å²) in [5.41, 5.74) is -1.37. The minimum absolute atomic E-state index is 0.0756. The summed E-state index contributed by atoms with van der Waals surface area (Å²) in [4.78, 5) is 26.7. The summed E-state index contributed by atoms with van der Waals surface area (Å²) in [5.74, 6) is 0. The number of hydrogen-bond donors (Lipinski definition) is 3. The molecular formula is C16H20N4O6S2. The smallest absolute Gasteiger partial charge is 0.310 e. The molecule has 0 amide bonds. The van der Waals surface area contributed by atoms with Crippen LogP contribution in [0.1, 0.15) is 24.1 Å². The van der Waals surface area contributed by atoms with Crippen molar-refractivity contribution in [3.05, 3.63) is 56.4 Å². The summed E-state index contributed by atoms with van der Waals surface area (Å²) in [7, 11) is -7.72. The van der Waals surface area contributed by atoms with E-state index in [0.29, 0.717) is 18.7 Å². The third-order valence-corrected chi connectivity index (χ3v) is 7.90. The molecule has 0 unspecified atom stereocenters. The number of sulfonamides is 2. The Morgan fingerprint density at radius 3 is 2.18 bits per heavy atom. The molecule has 3 N–H and O–H groups in total. The van der Waals surface area contributed by atoms with Gasteiger partial charge in [0.25, 0.3) is 5.56 Å². The molecule has 0 spiro atoms. The van der Waals surface area contributed by atoms with Crippen molar-refractivity contribution in [3.63, 3.8) is 0 Å². The standard InChI is InChI=1S/C16H20N4O6S2/c1-11-14(15(21)19-16(22)18-11)27(23,24)17-10-12-4-6-13(7-5-12)28(25,26)20-8-2-3-9-20/h4-7,17H,2-3,8-10H2,1H3,(H2,18,19,21,22). The van der Waals surface area contributed by atoms with Crippen LogP contribution >= 0.6 is 0 Å². The predicted octanol–water partition coefficient (Wildman–Crippen LogP) is -0.365. The van der Waals surface area contributed by atoms with Crippen molar-refractivity contribution in [2.24, 2.45) is 0 Å². The molecule has 1 saturated heterocycles. The van der Waals surface area contributed by atoms with Gasteiger partial charge in [0.15, 0.2) is 4.90 Å². The van der Waals surface area contributed by atoms with Gasteiger partial charge in [-0.05, 0) is 37.5 Å². The quantitative estimate of drug-likeness (QED) is 0.572. The van der Waals surface area contributed by atoms with E-state index in [0.717, 1.165) is 12.8 Å². The summed E-state index contributed by atoms with van der Waals surface area (Å²) < 4.78 is 53.5. The highest BCUT2D eigenvalue weighted by molar-refractivity contribution is 7.89. The summed E-state index contributed by atoms with van der Waals surface area (Å²) in [6.45, 7) is 2.15.